The minimum Gasteiger partial charge on any atom is -0.332 e. The van der Waals surface area contributed by atoms with Gasteiger partial charge in [-0.15, -0.1) is 11.3 Å². The van der Waals surface area contributed by atoms with Crippen LogP contribution in [-0.2, 0) is 24.3 Å². The van der Waals surface area contributed by atoms with Crippen LogP contribution in [0.15, 0.2) is 66.0 Å². The Kier molecular flexibility index (Phi) is 8.84. The van der Waals surface area contributed by atoms with Gasteiger partial charge in [-0.3, -0.25) is 9.59 Å². The Morgan fingerprint density at radius 2 is 1.58 bits per heavy atom. The smallest absolute Gasteiger partial charge is 0.254 e. The van der Waals surface area contributed by atoms with Crippen molar-refractivity contribution < 1.29 is 9.59 Å². The van der Waals surface area contributed by atoms with E-state index < -0.39 is 0 Å². The van der Waals surface area contributed by atoms with Gasteiger partial charge in [-0.2, -0.15) is 0 Å². The third-order valence-electron chi connectivity index (χ3n) is 5.68. The van der Waals surface area contributed by atoms with Crippen LogP contribution < -0.4 is 0 Å². The average Bonchev–Trinajstić information content (AvgIpc) is 3.22. The van der Waals surface area contributed by atoms with Crippen LogP contribution >= 0.6 is 11.3 Å². The normalized spacial score (nSPS) is 10.9. The number of carbonyl (C=O) groups excluding carboxylic acids is 2. The van der Waals surface area contributed by atoms with Crippen LogP contribution in [0.5, 0.6) is 0 Å². The van der Waals surface area contributed by atoms with E-state index in [1.165, 1.54) is 16.0 Å². The summed E-state index contributed by atoms with van der Waals surface area (Å²) in [6.45, 7) is 9.99. The fourth-order valence-electron chi connectivity index (χ4n) is 3.76. The highest BCUT2D eigenvalue weighted by Crippen LogP contribution is 2.20. The summed E-state index contributed by atoms with van der Waals surface area (Å²) in [5, 5.41) is 2.06. The van der Waals surface area contributed by atoms with Crippen LogP contribution in [0.2, 0.25) is 0 Å². The molecule has 0 saturated carbocycles. The van der Waals surface area contributed by atoms with Gasteiger partial charge in [-0.25, -0.2) is 0 Å². The Balaban J connectivity index is 1.81. The van der Waals surface area contributed by atoms with Crippen molar-refractivity contribution in [2.75, 3.05) is 13.1 Å². The zero-order chi connectivity index (χ0) is 23.8. The van der Waals surface area contributed by atoms with E-state index in [-0.39, 0.29) is 24.3 Å². The first-order valence-electron chi connectivity index (χ1n) is 11.6. The van der Waals surface area contributed by atoms with Gasteiger partial charge >= 0.3 is 0 Å². The number of hydrogen-bond donors (Lipinski definition) is 0. The second-order valence-corrected chi connectivity index (χ2v) is 9.89. The fraction of sp³-hybridized carbons (Fsp3) is 0.357. The summed E-state index contributed by atoms with van der Waals surface area (Å²) in [7, 11) is 0. The number of benzene rings is 2. The second kappa shape index (κ2) is 11.8. The number of nitrogens with zero attached hydrogens (tertiary/aromatic N) is 2. The lowest BCUT2D eigenvalue weighted by atomic mass is 10.1. The Labute approximate surface area is 201 Å². The molecule has 2 amide bonds. The molecule has 0 aliphatic rings. The summed E-state index contributed by atoms with van der Waals surface area (Å²) in [6, 6.07) is 19.8. The van der Waals surface area contributed by atoms with Crippen molar-refractivity contribution in [2.45, 2.75) is 47.2 Å². The molecule has 3 aromatic rings. The van der Waals surface area contributed by atoms with Crippen molar-refractivity contribution in [3.8, 4) is 0 Å². The molecule has 0 fully saturated rings. The monoisotopic (exact) mass is 462 g/mol. The van der Waals surface area contributed by atoms with Crippen molar-refractivity contribution in [3.63, 3.8) is 0 Å². The zero-order valence-electron chi connectivity index (χ0n) is 20.1. The van der Waals surface area contributed by atoms with E-state index in [1.807, 2.05) is 59.5 Å². The van der Waals surface area contributed by atoms with Crippen LogP contribution in [-0.4, -0.2) is 34.7 Å². The predicted molar refractivity (Wildman–Crippen MR) is 136 cm³/mol. The lowest BCUT2D eigenvalue weighted by molar-refractivity contribution is -0.133. The molecule has 2 aromatic carbocycles. The van der Waals surface area contributed by atoms with Crippen LogP contribution in [0.4, 0.5) is 0 Å². The molecule has 0 atom stereocenters. The average molecular weight is 463 g/mol. The maximum Gasteiger partial charge on any atom is 0.254 e. The van der Waals surface area contributed by atoms with Crippen molar-refractivity contribution in [2.24, 2.45) is 5.92 Å². The lowest BCUT2D eigenvalue weighted by Crippen LogP contribution is -2.43. The number of amides is 2. The highest BCUT2D eigenvalue weighted by atomic mass is 32.1. The molecule has 1 heterocycles. The summed E-state index contributed by atoms with van der Waals surface area (Å²) in [4.78, 5) is 31.6. The Morgan fingerprint density at radius 3 is 2.15 bits per heavy atom. The molecule has 0 N–H and O–H groups in total. The van der Waals surface area contributed by atoms with E-state index in [4.69, 9.17) is 0 Å². The highest BCUT2D eigenvalue weighted by Gasteiger charge is 2.24. The molecule has 0 aliphatic carbocycles. The zero-order valence-corrected chi connectivity index (χ0v) is 20.9. The van der Waals surface area contributed by atoms with Crippen LogP contribution in [0.3, 0.4) is 0 Å². The fourth-order valence-corrected chi connectivity index (χ4v) is 4.69. The van der Waals surface area contributed by atoms with Gasteiger partial charge in [-0.05, 0) is 59.5 Å². The minimum absolute atomic E-state index is 0.0363. The van der Waals surface area contributed by atoms with Crippen LogP contribution in [0, 0.1) is 12.8 Å². The molecule has 1 aromatic heterocycles. The molecule has 0 bridgehead atoms. The van der Waals surface area contributed by atoms with Crippen molar-refractivity contribution in [1.82, 2.24) is 9.80 Å². The van der Waals surface area contributed by atoms with Gasteiger partial charge in [0.25, 0.3) is 5.91 Å². The van der Waals surface area contributed by atoms with Gasteiger partial charge in [-0.1, -0.05) is 63.2 Å². The van der Waals surface area contributed by atoms with Crippen molar-refractivity contribution >= 4 is 23.2 Å². The van der Waals surface area contributed by atoms with Gasteiger partial charge in [0, 0.05) is 23.5 Å². The third kappa shape index (κ3) is 7.03. The maximum atomic E-state index is 13.5. The SMILES string of the molecule is CCc1ccc(C(=O)N(CC(=O)N(Cc2ccccc2)Cc2sccc2C)CC(C)C)cc1. The molecule has 0 aliphatic heterocycles. The molecule has 3 rings (SSSR count). The Bertz CT molecular complexity index is 1040. The standard InChI is InChI=1S/C28H34N2O2S/c1-5-23-11-13-25(14-12-23)28(32)30(17-21(2)3)20-27(31)29(18-24-9-7-6-8-10-24)19-26-22(4)15-16-33-26/h6-16,21H,5,17-20H2,1-4H3. The first-order valence-corrected chi connectivity index (χ1v) is 12.5. The largest absolute Gasteiger partial charge is 0.332 e. The van der Waals surface area contributed by atoms with Crippen molar-refractivity contribution in [1.29, 1.82) is 0 Å². The molecular weight excluding hydrogens is 428 g/mol. The molecular formula is C28H34N2O2S. The van der Waals surface area contributed by atoms with E-state index in [2.05, 4.69) is 39.1 Å². The van der Waals surface area contributed by atoms with Gasteiger partial charge in [0.1, 0.15) is 6.54 Å². The molecule has 33 heavy (non-hydrogen) atoms. The topological polar surface area (TPSA) is 40.6 Å². The summed E-state index contributed by atoms with van der Waals surface area (Å²) in [6.07, 6.45) is 0.930. The van der Waals surface area contributed by atoms with E-state index in [0.29, 0.717) is 25.2 Å². The third-order valence-corrected chi connectivity index (χ3v) is 6.69. The van der Waals surface area contributed by atoms with E-state index in [9.17, 15) is 9.59 Å². The molecule has 174 valence electrons. The molecule has 0 unspecified atom stereocenters. The molecule has 5 heteroatoms. The lowest BCUT2D eigenvalue weighted by Gasteiger charge is -2.29. The molecule has 0 saturated heterocycles. The summed E-state index contributed by atoms with van der Waals surface area (Å²) < 4.78 is 0. The van der Waals surface area contributed by atoms with Gasteiger partial charge in [0.05, 0.1) is 6.54 Å². The molecule has 0 radical (unpaired) electrons. The van der Waals surface area contributed by atoms with Gasteiger partial charge in [0.15, 0.2) is 0 Å². The Hall–Kier alpha value is -2.92. The van der Waals surface area contributed by atoms with Crippen LogP contribution in [0.1, 0.15) is 52.7 Å². The minimum atomic E-state index is -0.0910. The Morgan fingerprint density at radius 1 is 0.879 bits per heavy atom. The first-order chi connectivity index (χ1) is 15.9. The van der Waals surface area contributed by atoms with Gasteiger partial charge in [0.2, 0.25) is 5.91 Å². The molecule has 0 spiro atoms. The van der Waals surface area contributed by atoms with E-state index in [0.717, 1.165) is 12.0 Å². The summed E-state index contributed by atoms with van der Waals surface area (Å²) >= 11 is 1.67. The number of carbonyl (C=O) groups is 2. The first kappa shape index (κ1) is 24.7. The maximum absolute atomic E-state index is 13.5. The molecule has 4 nitrogen and oxygen atoms in total. The number of thiophene rings is 1. The number of aryl methyl sites for hydroxylation is 2. The van der Waals surface area contributed by atoms with Crippen LogP contribution in [0.25, 0.3) is 0 Å². The summed E-state index contributed by atoms with van der Waals surface area (Å²) in [5.41, 5.74) is 4.09. The quantitative estimate of drug-likeness (QED) is 0.374. The predicted octanol–water partition coefficient (Wildman–Crippen LogP) is 5.95. The van der Waals surface area contributed by atoms with Gasteiger partial charge < -0.3 is 9.80 Å². The summed E-state index contributed by atoms with van der Waals surface area (Å²) in [5.74, 6) is 0.135. The van der Waals surface area contributed by atoms with Crippen molar-refractivity contribution in [3.05, 3.63) is 93.2 Å². The van der Waals surface area contributed by atoms with E-state index in [1.54, 1.807) is 16.2 Å². The number of hydrogen-bond acceptors (Lipinski definition) is 3. The van der Waals surface area contributed by atoms with E-state index >= 15 is 0 Å². The second-order valence-electron chi connectivity index (χ2n) is 8.89. The number of rotatable bonds is 10. The highest BCUT2D eigenvalue weighted by molar-refractivity contribution is 7.10.